The molecule has 4 nitrogen and oxygen atoms in total. The summed E-state index contributed by atoms with van der Waals surface area (Å²) >= 11 is 0. The molecule has 0 aromatic rings. The molecule has 2 aliphatic heterocycles. The second-order valence-corrected chi connectivity index (χ2v) is 5.90. The summed E-state index contributed by atoms with van der Waals surface area (Å²) in [7, 11) is 0. The van der Waals surface area contributed by atoms with Crippen LogP contribution < -0.4 is 5.32 Å². The molecule has 2 aliphatic rings. The lowest BCUT2D eigenvalue weighted by Crippen LogP contribution is -2.44. The topological polar surface area (TPSA) is 35.6 Å². The molecular weight excluding hydrogens is 226 g/mol. The number of hydrogen-bond donors (Lipinski definition) is 1. The number of hydrogen-bond acceptors (Lipinski definition) is 3. The van der Waals surface area contributed by atoms with Crippen molar-refractivity contribution in [1.82, 2.24) is 15.1 Å². The zero-order valence-corrected chi connectivity index (χ0v) is 12.0. The summed E-state index contributed by atoms with van der Waals surface area (Å²) in [6.07, 6.45) is 3.75. The molecule has 0 radical (unpaired) electrons. The van der Waals surface area contributed by atoms with Crippen LogP contribution in [0.2, 0.25) is 0 Å². The lowest BCUT2D eigenvalue weighted by Gasteiger charge is -2.29. The quantitative estimate of drug-likeness (QED) is 0.801. The van der Waals surface area contributed by atoms with E-state index in [4.69, 9.17) is 0 Å². The van der Waals surface area contributed by atoms with E-state index in [-0.39, 0.29) is 12.2 Å². The van der Waals surface area contributed by atoms with Gasteiger partial charge in [-0.05, 0) is 38.3 Å². The summed E-state index contributed by atoms with van der Waals surface area (Å²) in [5.74, 6) is 0.777. The molecule has 2 saturated heterocycles. The summed E-state index contributed by atoms with van der Waals surface area (Å²) in [4.78, 5) is 16.8. The summed E-state index contributed by atoms with van der Waals surface area (Å²) < 4.78 is 0. The Hall–Kier alpha value is -0.610. The highest BCUT2D eigenvalue weighted by molar-refractivity contribution is 5.84. The standard InChI is InChI=1S/C14H27N3O/c1-4-12-14(18)17(13(15-12)11(2)3)10-9-16-7-5-6-8-16/h11-13,15H,4-10H2,1-3H3. The first-order valence-corrected chi connectivity index (χ1v) is 7.42. The molecule has 18 heavy (non-hydrogen) atoms. The Morgan fingerprint density at radius 3 is 2.50 bits per heavy atom. The monoisotopic (exact) mass is 253 g/mol. The predicted octanol–water partition coefficient (Wildman–Crippen LogP) is 1.27. The van der Waals surface area contributed by atoms with E-state index in [0.29, 0.717) is 11.8 Å². The highest BCUT2D eigenvalue weighted by Crippen LogP contribution is 2.19. The van der Waals surface area contributed by atoms with Crippen LogP contribution in [0.5, 0.6) is 0 Å². The largest absolute Gasteiger partial charge is 0.324 e. The zero-order valence-electron chi connectivity index (χ0n) is 12.0. The van der Waals surface area contributed by atoms with Crippen molar-refractivity contribution in [3.63, 3.8) is 0 Å². The number of carbonyl (C=O) groups is 1. The molecule has 0 aromatic carbocycles. The molecule has 1 N–H and O–H groups in total. The Kier molecular flexibility index (Phi) is 4.62. The number of nitrogens with zero attached hydrogens (tertiary/aromatic N) is 2. The fourth-order valence-corrected chi connectivity index (χ4v) is 3.05. The van der Waals surface area contributed by atoms with Crippen LogP contribution in [0, 0.1) is 5.92 Å². The molecule has 0 aromatic heterocycles. The fourth-order valence-electron chi connectivity index (χ4n) is 3.05. The molecule has 1 amide bonds. The molecule has 2 atom stereocenters. The molecule has 0 bridgehead atoms. The van der Waals surface area contributed by atoms with Crippen LogP contribution in [-0.2, 0) is 4.79 Å². The average Bonchev–Trinajstić information content (AvgIpc) is 2.94. The Labute approximate surface area is 111 Å². The number of nitrogens with one attached hydrogen (secondary N) is 1. The minimum Gasteiger partial charge on any atom is -0.324 e. The van der Waals surface area contributed by atoms with Crippen LogP contribution in [0.15, 0.2) is 0 Å². The first-order chi connectivity index (χ1) is 8.63. The number of likely N-dealkylation sites (tertiary alicyclic amines) is 1. The molecule has 2 unspecified atom stereocenters. The van der Waals surface area contributed by atoms with E-state index >= 15 is 0 Å². The maximum Gasteiger partial charge on any atom is 0.241 e. The minimum absolute atomic E-state index is 0.0379. The zero-order chi connectivity index (χ0) is 13.1. The maximum absolute atomic E-state index is 12.3. The van der Waals surface area contributed by atoms with Gasteiger partial charge in [0.05, 0.1) is 12.2 Å². The molecule has 4 heteroatoms. The lowest BCUT2D eigenvalue weighted by atomic mass is 10.1. The summed E-state index contributed by atoms with van der Waals surface area (Å²) in [5.41, 5.74) is 0. The van der Waals surface area contributed by atoms with Gasteiger partial charge in [0, 0.05) is 13.1 Å². The Bertz CT molecular complexity index is 287. The highest BCUT2D eigenvalue weighted by atomic mass is 16.2. The van der Waals surface area contributed by atoms with E-state index in [1.807, 2.05) is 0 Å². The van der Waals surface area contributed by atoms with E-state index in [1.54, 1.807) is 0 Å². The van der Waals surface area contributed by atoms with Crippen molar-refractivity contribution < 1.29 is 4.79 Å². The molecule has 2 fully saturated rings. The molecule has 0 saturated carbocycles. The SMILES string of the molecule is CCC1NC(C(C)C)N(CCN2CCCC2)C1=O. The molecule has 2 rings (SSSR count). The van der Waals surface area contributed by atoms with Gasteiger partial charge >= 0.3 is 0 Å². The van der Waals surface area contributed by atoms with Crippen LogP contribution in [0.4, 0.5) is 0 Å². The Morgan fingerprint density at radius 1 is 1.28 bits per heavy atom. The van der Waals surface area contributed by atoms with E-state index in [9.17, 15) is 4.79 Å². The third kappa shape index (κ3) is 2.86. The van der Waals surface area contributed by atoms with Crippen LogP contribution >= 0.6 is 0 Å². The van der Waals surface area contributed by atoms with E-state index < -0.39 is 0 Å². The third-order valence-corrected chi connectivity index (χ3v) is 4.18. The minimum atomic E-state index is 0.0379. The maximum atomic E-state index is 12.3. The van der Waals surface area contributed by atoms with Gasteiger partial charge in [-0.15, -0.1) is 0 Å². The van der Waals surface area contributed by atoms with Crippen molar-refractivity contribution in [1.29, 1.82) is 0 Å². The van der Waals surface area contributed by atoms with Crippen molar-refractivity contribution in [2.45, 2.75) is 52.2 Å². The third-order valence-electron chi connectivity index (χ3n) is 4.18. The summed E-state index contributed by atoms with van der Waals surface area (Å²) in [5, 5.41) is 3.47. The van der Waals surface area contributed by atoms with Crippen molar-refractivity contribution in [3.05, 3.63) is 0 Å². The van der Waals surface area contributed by atoms with Crippen molar-refractivity contribution in [2.24, 2.45) is 5.92 Å². The van der Waals surface area contributed by atoms with Crippen LogP contribution in [0.3, 0.4) is 0 Å². The second kappa shape index (κ2) is 6.02. The smallest absolute Gasteiger partial charge is 0.241 e. The lowest BCUT2D eigenvalue weighted by molar-refractivity contribution is -0.130. The van der Waals surface area contributed by atoms with Gasteiger partial charge in [0.15, 0.2) is 0 Å². The van der Waals surface area contributed by atoms with Crippen LogP contribution in [0.1, 0.15) is 40.0 Å². The number of rotatable bonds is 5. The Morgan fingerprint density at radius 2 is 1.94 bits per heavy atom. The van der Waals surface area contributed by atoms with Gasteiger partial charge in [-0.3, -0.25) is 10.1 Å². The summed E-state index contributed by atoms with van der Waals surface area (Å²) in [6.45, 7) is 10.8. The number of carbonyl (C=O) groups excluding carboxylic acids is 1. The van der Waals surface area contributed by atoms with Gasteiger partial charge < -0.3 is 9.80 Å². The summed E-state index contributed by atoms with van der Waals surface area (Å²) in [6, 6.07) is 0.0379. The molecule has 0 spiro atoms. The van der Waals surface area contributed by atoms with E-state index in [2.05, 4.69) is 35.9 Å². The van der Waals surface area contributed by atoms with Crippen LogP contribution in [0.25, 0.3) is 0 Å². The van der Waals surface area contributed by atoms with Crippen molar-refractivity contribution >= 4 is 5.91 Å². The van der Waals surface area contributed by atoms with Gasteiger partial charge in [-0.25, -0.2) is 0 Å². The van der Waals surface area contributed by atoms with E-state index in [0.717, 1.165) is 19.5 Å². The van der Waals surface area contributed by atoms with Crippen molar-refractivity contribution in [3.8, 4) is 0 Å². The van der Waals surface area contributed by atoms with Crippen molar-refractivity contribution in [2.75, 3.05) is 26.2 Å². The van der Waals surface area contributed by atoms with E-state index in [1.165, 1.54) is 25.9 Å². The van der Waals surface area contributed by atoms with Gasteiger partial charge in [0.2, 0.25) is 5.91 Å². The van der Waals surface area contributed by atoms with Crippen LogP contribution in [-0.4, -0.2) is 54.1 Å². The Balaban J connectivity index is 1.92. The normalized spacial score (nSPS) is 29.8. The molecular formula is C14H27N3O. The average molecular weight is 253 g/mol. The first-order valence-electron chi connectivity index (χ1n) is 7.42. The predicted molar refractivity (Wildman–Crippen MR) is 73.2 cm³/mol. The van der Waals surface area contributed by atoms with Gasteiger partial charge in [0.25, 0.3) is 0 Å². The fraction of sp³-hybridized carbons (Fsp3) is 0.929. The highest BCUT2D eigenvalue weighted by Gasteiger charge is 2.38. The second-order valence-electron chi connectivity index (χ2n) is 5.90. The van der Waals surface area contributed by atoms with Gasteiger partial charge in [-0.2, -0.15) is 0 Å². The number of amides is 1. The van der Waals surface area contributed by atoms with Gasteiger partial charge in [0.1, 0.15) is 0 Å². The first kappa shape index (κ1) is 13.8. The van der Waals surface area contributed by atoms with Gasteiger partial charge in [-0.1, -0.05) is 20.8 Å². The molecule has 104 valence electrons. The molecule has 0 aliphatic carbocycles. The molecule has 2 heterocycles.